The smallest absolute Gasteiger partial charge is 0.129 e. The number of aromatic nitrogens is 1. The summed E-state index contributed by atoms with van der Waals surface area (Å²) >= 11 is 18.0. The zero-order chi connectivity index (χ0) is 16.1. The van der Waals surface area contributed by atoms with Gasteiger partial charge < -0.3 is 4.90 Å². The van der Waals surface area contributed by atoms with E-state index in [1.165, 1.54) is 0 Å². The van der Waals surface area contributed by atoms with E-state index < -0.39 is 0 Å². The van der Waals surface area contributed by atoms with Crippen LogP contribution in [0.5, 0.6) is 0 Å². The number of rotatable bonds is 6. The normalized spacial score (nSPS) is 12.6. The van der Waals surface area contributed by atoms with Crippen molar-refractivity contribution in [3.8, 4) is 0 Å². The van der Waals surface area contributed by atoms with Gasteiger partial charge in [-0.1, -0.05) is 53.9 Å². The Morgan fingerprint density at radius 3 is 2.55 bits per heavy atom. The summed E-state index contributed by atoms with van der Waals surface area (Å²) in [4.78, 5) is 6.38. The lowest BCUT2D eigenvalue weighted by Gasteiger charge is -2.21. The number of nitrogens with zero attached hydrogens (tertiary/aromatic N) is 2. The van der Waals surface area contributed by atoms with Crippen LogP contribution in [0.2, 0.25) is 15.2 Å². The van der Waals surface area contributed by atoms with Gasteiger partial charge in [0.25, 0.3) is 0 Å². The molecule has 1 aromatic heterocycles. The molecule has 1 unspecified atom stereocenters. The molecule has 1 atom stereocenters. The van der Waals surface area contributed by atoms with Crippen LogP contribution in [0.4, 0.5) is 0 Å². The first kappa shape index (κ1) is 17.6. The Morgan fingerprint density at radius 2 is 1.91 bits per heavy atom. The van der Waals surface area contributed by atoms with Gasteiger partial charge in [-0.25, -0.2) is 4.98 Å². The van der Waals surface area contributed by atoms with E-state index in [2.05, 4.69) is 23.9 Å². The monoisotopic (exact) mass is 356 g/mol. The summed E-state index contributed by atoms with van der Waals surface area (Å²) in [5.41, 5.74) is 2.30. The first-order chi connectivity index (χ1) is 10.4. The van der Waals surface area contributed by atoms with Crippen LogP contribution < -0.4 is 0 Å². The molecule has 2 aromatic rings. The summed E-state index contributed by atoms with van der Waals surface area (Å²) in [7, 11) is 2.11. The predicted molar refractivity (Wildman–Crippen MR) is 94.9 cm³/mol. The van der Waals surface area contributed by atoms with Crippen molar-refractivity contribution in [3.05, 3.63) is 62.9 Å². The maximum Gasteiger partial charge on any atom is 0.129 e. The standard InChI is InChI=1S/C17H19Cl3N2/c1-12(7-14-4-5-15(18)8-16(14)19)10-22(2)11-13-3-6-17(20)21-9-13/h3-6,8-9,12H,7,10-11H2,1-2H3. The fourth-order valence-corrected chi connectivity index (χ4v) is 3.13. The van der Waals surface area contributed by atoms with Crippen LogP contribution in [0.1, 0.15) is 18.1 Å². The quantitative estimate of drug-likeness (QED) is 0.648. The van der Waals surface area contributed by atoms with Crippen LogP contribution in [0, 0.1) is 5.92 Å². The molecule has 2 nitrogen and oxygen atoms in total. The number of hydrogen-bond donors (Lipinski definition) is 0. The Balaban J connectivity index is 1.88. The summed E-state index contributed by atoms with van der Waals surface area (Å²) in [6.45, 7) is 4.05. The number of benzene rings is 1. The molecule has 22 heavy (non-hydrogen) atoms. The van der Waals surface area contributed by atoms with Crippen LogP contribution in [-0.2, 0) is 13.0 Å². The third kappa shape index (κ3) is 5.44. The summed E-state index contributed by atoms with van der Waals surface area (Å²) in [5.74, 6) is 0.490. The second kappa shape index (κ2) is 8.16. The third-order valence-electron chi connectivity index (χ3n) is 3.45. The largest absolute Gasteiger partial charge is 0.302 e. The van der Waals surface area contributed by atoms with E-state index in [-0.39, 0.29) is 0 Å². The molecule has 0 amide bonds. The molecule has 0 aliphatic carbocycles. The fourth-order valence-electron chi connectivity index (χ4n) is 2.54. The van der Waals surface area contributed by atoms with Gasteiger partial charge in [0.2, 0.25) is 0 Å². The van der Waals surface area contributed by atoms with Gasteiger partial charge >= 0.3 is 0 Å². The Morgan fingerprint density at radius 1 is 1.14 bits per heavy atom. The number of hydrogen-bond acceptors (Lipinski definition) is 2. The molecule has 0 aliphatic rings. The minimum Gasteiger partial charge on any atom is -0.302 e. The average Bonchev–Trinajstić information content (AvgIpc) is 2.44. The lowest BCUT2D eigenvalue weighted by molar-refractivity contribution is 0.277. The molecule has 0 N–H and O–H groups in total. The van der Waals surface area contributed by atoms with Crippen molar-refractivity contribution in [2.45, 2.75) is 19.9 Å². The maximum absolute atomic E-state index is 6.24. The molecular formula is C17H19Cl3N2. The van der Waals surface area contributed by atoms with Gasteiger partial charge in [-0.3, -0.25) is 0 Å². The van der Waals surface area contributed by atoms with Gasteiger partial charge in [-0.2, -0.15) is 0 Å². The first-order valence-electron chi connectivity index (χ1n) is 7.17. The summed E-state index contributed by atoms with van der Waals surface area (Å²) in [6.07, 6.45) is 2.75. The van der Waals surface area contributed by atoms with Crippen molar-refractivity contribution in [3.63, 3.8) is 0 Å². The molecule has 118 valence electrons. The molecule has 2 rings (SSSR count). The molecule has 0 saturated carbocycles. The first-order valence-corrected chi connectivity index (χ1v) is 8.30. The molecule has 0 fully saturated rings. The van der Waals surface area contributed by atoms with Crippen molar-refractivity contribution >= 4 is 34.8 Å². The highest BCUT2D eigenvalue weighted by Crippen LogP contribution is 2.23. The number of pyridine rings is 1. The molecule has 0 saturated heterocycles. The highest BCUT2D eigenvalue weighted by Gasteiger charge is 2.11. The molecule has 0 radical (unpaired) electrons. The summed E-state index contributed by atoms with van der Waals surface area (Å²) in [6, 6.07) is 9.52. The molecule has 5 heteroatoms. The lowest BCUT2D eigenvalue weighted by atomic mass is 10.0. The van der Waals surface area contributed by atoms with Gasteiger partial charge in [-0.05, 0) is 48.7 Å². The van der Waals surface area contributed by atoms with Crippen molar-refractivity contribution in [1.82, 2.24) is 9.88 Å². The highest BCUT2D eigenvalue weighted by atomic mass is 35.5. The van der Waals surface area contributed by atoms with E-state index in [0.29, 0.717) is 16.1 Å². The van der Waals surface area contributed by atoms with Gasteiger partial charge in [0, 0.05) is 29.3 Å². The zero-order valence-corrected chi connectivity index (χ0v) is 15.0. The predicted octanol–water partition coefficient (Wildman–Crippen LogP) is 5.35. The van der Waals surface area contributed by atoms with Crippen molar-refractivity contribution < 1.29 is 0 Å². The van der Waals surface area contributed by atoms with E-state index in [0.717, 1.165) is 35.7 Å². The van der Waals surface area contributed by atoms with Crippen molar-refractivity contribution in [1.29, 1.82) is 0 Å². The minimum absolute atomic E-state index is 0.490. The molecule has 0 aliphatic heterocycles. The molecule has 0 spiro atoms. The molecule has 1 aromatic carbocycles. The third-order valence-corrected chi connectivity index (χ3v) is 4.26. The SMILES string of the molecule is CC(Cc1ccc(Cl)cc1Cl)CN(C)Cc1ccc(Cl)nc1. The second-order valence-corrected chi connectivity index (χ2v) is 6.96. The molecule has 1 heterocycles. The van der Waals surface area contributed by atoms with Crippen LogP contribution in [-0.4, -0.2) is 23.5 Å². The van der Waals surface area contributed by atoms with Gasteiger partial charge in [-0.15, -0.1) is 0 Å². The van der Waals surface area contributed by atoms with Gasteiger partial charge in [0.05, 0.1) is 0 Å². The highest BCUT2D eigenvalue weighted by molar-refractivity contribution is 6.35. The summed E-state index contributed by atoms with van der Waals surface area (Å²) < 4.78 is 0. The second-order valence-electron chi connectivity index (χ2n) is 5.73. The van der Waals surface area contributed by atoms with Crippen LogP contribution in [0.25, 0.3) is 0 Å². The van der Waals surface area contributed by atoms with E-state index >= 15 is 0 Å². The maximum atomic E-state index is 6.24. The summed E-state index contributed by atoms with van der Waals surface area (Å²) in [5, 5.41) is 1.94. The molecular weight excluding hydrogens is 339 g/mol. The average molecular weight is 358 g/mol. The van der Waals surface area contributed by atoms with E-state index in [4.69, 9.17) is 34.8 Å². The Hall–Kier alpha value is -0.800. The van der Waals surface area contributed by atoms with Crippen LogP contribution in [0.3, 0.4) is 0 Å². The van der Waals surface area contributed by atoms with Crippen LogP contribution >= 0.6 is 34.8 Å². The van der Waals surface area contributed by atoms with E-state index in [1.807, 2.05) is 30.5 Å². The van der Waals surface area contributed by atoms with Gasteiger partial charge in [0.1, 0.15) is 5.15 Å². The van der Waals surface area contributed by atoms with E-state index in [9.17, 15) is 0 Å². The number of halogens is 3. The zero-order valence-electron chi connectivity index (χ0n) is 12.7. The van der Waals surface area contributed by atoms with Gasteiger partial charge in [0.15, 0.2) is 0 Å². The van der Waals surface area contributed by atoms with E-state index in [1.54, 1.807) is 6.07 Å². The molecule has 0 bridgehead atoms. The van der Waals surface area contributed by atoms with Crippen LogP contribution in [0.15, 0.2) is 36.5 Å². The lowest BCUT2D eigenvalue weighted by Crippen LogP contribution is -2.25. The fraction of sp³-hybridized carbons (Fsp3) is 0.353. The minimum atomic E-state index is 0.490. The Labute approximate surface area is 147 Å². The van der Waals surface area contributed by atoms with Crippen molar-refractivity contribution in [2.24, 2.45) is 5.92 Å². The topological polar surface area (TPSA) is 16.1 Å². The Bertz CT molecular complexity index is 614. The Kier molecular flexibility index (Phi) is 6.51. The van der Waals surface area contributed by atoms with Crippen molar-refractivity contribution in [2.75, 3.05) is 13.6 Å².